The number of likely N-dealkylation sites (tertiary alicyclic amines) is 1. The molecule has 0 radical (unpaired) electrons. The van der Waals surface area contributed by atoms with E-state index in [-0.39, 0.29) is 17.9 Å². The number of nitrogens with zero attached hydrogens (tertiary/aromatic N) is 4. The molecule has 0 spiro atoms. The maximum absolute atomic E-state index is 12.8. The number of benzene rings is 1. The van der Waals surface area contributed by atoms with Crippen molar-refractivity contribution in [2.45, 2.75) is 12.5 Å². The molecular formula is C20H23ClN6O2. The van der Waals surface area contributed by atoms with Crippen molar-refractivity contribution in [3.8, 4) is 0 Å². The molecule has 2 N–H and O–H groups in total. The fraction of sp³-hybridized carbons (Fsp3) is 0.300. The molecule has 0 saturated carbocycles. The molecule has 1 aromatic heterocycles. The molecule has 1 atom stereocenters. The summed E-state index contributed by atoms with van der Waals surface area (Å²) in [6.07, 6.45) is 3.56. The number of aromatic nitrogens is 2. The molecular weight excluding hydrogens is 392 g/mol. The van der Waals surface area contributed by atoms with E-state index >= 15 is 0 Å². The van der Waals surface area contributed by atoms with Crippen molar-refractivity contribution in [2.75, 3.05) is 42.7 Å². The van der Waals surface area contributed by atoms with Crippen LogP contribution in [0.3, 0.4) is 0 Å². The fourth-order valence-corrected chi connectivity index (χ4v) is 3.32. The summed E-state index contributed by atoms with van der Waals surface area (Å²) in [4.78, 5) is 36.4. The third-order valence-corrected chi connectivity index (χ3v) is 4.81. The topological polar surface area (TPSA) is 90.5 Å². The Bertz CT molecular complexity index is 916. The molecule has 0 bridgehead atoms. The molecule has 1 aromatic carbocycles. The first-order valence-electron chi connectivity index (χ1n) is 9.16. The lowest BCUT2D eigenvalue weighted by molar-refractivity contribution is -0.111. The van der Waals surface area contributed by atoms with Gasteiger partial charge in [-0.1, -0.05) is 18.2 Å². The minimum Gasteiger partial charge on any atom is -0.361 e. The van der Waals surface area contributed by atoms with E-state index in [2.05, 4.69) is 27.2 Å². The lowest BCUT2D eigenvalue weighted by atomic mass is 10.2. The van der Waals surface area contributed by atoms with Crippen molar-refractivity contribution >= 4 is 40.9 Å². The molecule has 1 aliphatic heterocycles. The molecule has 2 aromatic rings. The Hall–Kier alpha value is -3.13. The second kappa shape index (κ2) is 8.91. The van der Waals surface area contributed by atoms with Crippen LogP contribution in [0.5, 0.6) is 0 Å². The highest BCUT2D eigenvalue weighted by molar-refractivity contribution is 6.32. The Labute approximate surface area is 174 Å². The maximum Gasteiger partial charge on any atom is 0.253 e. The summed E-state index contributed by atoms with van der Waals surface area (Å²) in [6.45, 7) is 4.60. The standard InChI is InChI=1S/C20H23ClN6O2/c1-4-17(28)23-14-7-5-13(6-8-14)19(29)27-10-9-15(12-27)24-20-22-11-16(21)18(25-20)26(2)3/h4-8,11,15H,1,9-10,12H2,2-3H3,(H,23,28)(H,22,24,25). The number of nitrogens with one attached hydrogen (secondary N) is 2. The molecule has 3 rings (SSSR count). The molecule has 2 amide bonds. The Kier molecular flexibility index (Phi) is 6.33. The van der Waals surface area contributed by atoms with E-state index in [1.165, 1.54) is 6.08 Å². The van der Waals surface area contributed by atoms with Crippen molar-refractivity contribution in [2.24, 2.45) is 0 Å². The van der Waals surface area contributed by atoms with Crippen LogP contribution < -0.4 is 15.5 Å². The van der Waals surface area contributed by atoms with E-state index in [9.17, 15) is 9.59 Å². The van der Waals surface area contributed by atoms with Gasteiger partial charge in [-0.15, -0.1) is 0 Å². The van der Waals surface area contributed by atoms with Crippen LogP contribution in [0.15, 0.2) is 43.1 Å². The first-order chi connectivity index (χ1) is 13.9. The number of halogens is 1. The Morgan fingerprint density at radius 3 is 2.69 bits per heavy atom. The van der Waals surface area contributed by atoms with E-state index in [0.29, 0.717) is 41.1 Å². The zero-order valence-electron chi connectivity index (χ0n) is 16.4. The second-order valence-corrected chi connectivity index (χ2v) is 7.32. The second-order valence-electron chi connectivity index (χ2n) is 6.91. The molecule has 1 aliphatic rings. The molecule has 1 unspecified atom stereocenters. The minimum absolute atomic E-state index is 0.0538. The van der Waals surface area contributed by atoms with Gasteiger partial charge in [0.15, 0.2) is 5.82 Å². The van der Waals surface area contributed by atoms with Gasteiger partial charge in [-0.2, -0.15) is 4.98 Å². The Morgan fingerprint density at radius 1 is 1.31 bits per heavy atom. The molecule has 9 heteroatoms. The number of rotatable bonds is 6. The van der Waals surface area contributed by atoms with Gasteiger partial charge < -0.3 is 20.4 Å². The number of hydrogen-bond acceptors (Lipinski definition) is 6. The van der Waals surface area contributed by atoms with Gasteiger partial charge in [0.1, 0.15) is 5.02 Å². The lowest BCUT2D eigenvalue weighted by Gasteiger charge is -2.18. The van der Waals surface area contributed by atoms with Crippen LogP contribution in [0.1, 0.15) is 16.8 Å². The summed E-state index contributed by atoms with van der Waals surface area (Å²) in [6, 6.07) is 6.86. The Morgan fingerprint density at radius 2 is 2.03 bits per heavy atom. The monoisotopic (exact) mass is 414 g/mol. The third-order valence-electron chi connectivity index (χ3n) is 4.54. The summed E-state index contributed by atoms with van der Waals surface area (Å²) in [5.41, 5.74) is 1.18. The molecule has 2 heterocycles. The number of anilines is 3. The van der Waals surface area contributed by atoms with Gasteiger partial charge in [-0.3, -0.25) is 9.59 Å². The van der Waals surface area contributed by atoms with Crippen LogP contribution in [0.2, 0.25) is 5.02 Å². The fourth-order valence-electron chi connectivity index (χ4n) is 3.06. The SMILES string of the molecule is C=CC(=O)Nc1ccc(C(=O)N2CCC(Nc3ncc(Cl)c(N(C)C)n3)C2)cc1. The Balaban J connectivity index is 1.60. The van der Waals surface area contributed by atoms with Gasteiger partial charge in [0, 0.05) is 44.5 Å². The quantitative estimate of drug-likeness (QED) is 0.706. The van der Waals surface area contributed by atoms with Crippen LogP contribution in [0, 0.1) is 0 Å². The van der Waals surface area contributed by atoms with Gasteiger partial charge in [-0.05, 0) is 36.8 Å². The van der Waals surface area contributed by atoms with Crippen molar-refractivity contribution in [3.63, 3.8) is 0 Å². The molecule has 0 aliphatic carbocycles. The van der Waals surface area contributed by atoms with Gasteiger partial charge in [0.2, 0.25) is 11.9 Å². The third kappa shape index (κ3) is 5.03. The summed E-state index contributed by atoms with van der Waals surface area (Å²) < 4.78 is 0. The van der Waals surface area contributed by atoms with Crippen LogP contribution in [-0.4, -0.2) is 59.9 Å². The first kappa shape index (κ1) is 20.6. The molecule has 8 nitrogen and oxygen atoms in total. The predicted octanol–water partition coefficient (Wildman–Crippen LogP) is 2.65. The molecule has 152 valence electrons. The van der Waals surface area contributed by atoms with Crippen molar-refractivity contribution in [1.82, 2.24) is 14.9 Å². The van der Waals surface area contributed by atoms with Gasteiger partial charge in [0.25, 0.3) is 5.91 Å². The van der Waals surface area contributed by atoms with Crippen molar-refractivity contribution < 1.29 is 9.59 Å². The summed E-state index contributed by atoms with van der Waals surface area (Å²) in [5, 5.41) is 6.42. The number of hydrogen-bond donors (Lipinski definition) is 2. The van der Waals surface area contributed by atoms with Crippen molar-refractivity contribution in [3.05, 3.63) is 53.7 Å². The predicted molar refractivity (Wildman–Crippen MR) is 115 cm³/mol. The van der Waals surface area contributed by atoms with E-state index in [4.69, 9.17) is 11.6 Å². The normalized spacial score (nSPS) is 15.7. The van der Waals surface area contributed by atoms with E-state index in [0.717, 1.165) is 6.42 Å². The van der Waals surface area contributed by atoms with Crippen LogP contribution in [0.4, 0.5) is 17.5 Å². The highest BCUT2D eigenvalue weighted by Crippen LogP contribution is 2.23. The van der Waals surface area contributed by atoms with E-state index < -0.39 is 0 Å². The van der Waals surface area contributed by atoms with Gasteiger partial charge >= 0.3 is 0 Å². The number of carbonyl (C=O) groups excluding carboxylic acids is 2. The minimum atomic E-state index is -0.292. The van der Waals surface area contributed by atoms with Crippen LogP contribution in [0.25, 0.3) is 0 Å². The average molecular weight is 415 g/mol. The van der Waals surface area contributed by atoms with Gasteiger partial charge in [0.05, 0.1) is 6.20 Å². The molecule has 1 fully saturated rings. The van der Waals surface area contributed by atoms with Gasteiger partial charge in [-0.25, -0.2) is 4.98 Å². The summed E-state index contributed by atoms with van der Waals surface area (Å²) >= 11 is 6.11. The van der Waals surface area contributed by atoms with E-state index in [1.54, 1.807) is 35.4 Å². The zero-order chi connectivity index (χ0) is 21.0. The number of amides is 2. The number of carbonyl (C=O) groups is 2. The summed E-state index contributed by atoms with van der Waals surface area (Å²) in [7, 11) is 3.73. The van der Waals surface area contributed by atoms with E-state index in [1.807, 2.05) is 19.0 Å². The highest BCUT2D eigenvalue weighted by atomic mass is 35.5. The first-order valence-corrected chi connectivity index (χ1v) is 9.54. The smallest absolute Gasteiger partial charge is 0.253 e. The van der Waals surface area contributed by atoms with Crippen molar-refractivity contribution in [1.29, 1.82) is 0 Å². The van der Waals surface area contributed by atoms with Crippen LogP contribution >= 0.6 is 11.6 Å². The molecule has 1 saturated heterocycles. The zero-order valence-corrected chi connectivity index (χ0v) is 17.1. The van der Waals surface area contributed by atoms with Crippen LogP contribution in [-0.2, 0) is 4.79 Å². The maximum atomic E-state index is 12.8. The largest absolute Gasteiger partial charge is 0.361 e. The highest BCUT2D eigenvalue weighted by Gasteiger charge is 2.27. The summed E-state index contributed by atoms with van der Waals surface area (Å²) in [5.74, 6) is 0.778. The lowest BCUT2D eigenvalue weighted by Crippen LogP contribution is -2.32. The average Bonchev–Trinajstić information content (AvgIpc) is 3.17. The molecule has 29 heavy (non-hydrogen) atoms.